The third kappa shape index (κ3) is 3.09. The number of ether oxygens (including phenoxy) is 1. The third-order valence-corrected chi connectivity index (χ3v) is 3.97. The predicted octanol–water partition coefficient (Wildman–Crippen LogP) is 3.54. The number of fused-ring (bicyclic) bond motifs is 1. The van der Waals surface area contributed by atoms with Gasteiger partial charge in [-0.2, -0.15) is 0 Å². The summed E-state index contributed by atoms with van der Waals surface area (Å²) >= 11 is 1.53. The monoisotopic (exact) mass is 318 g/mol. The van der Waals surface area contributed by atoms with Gasteiger partial charge in [0, 0.05) is 11.5 Å². The van der Waals surface area contributed by atoms with E-state index in [9.17, 15) is 0 Å². The van der Waals surface area contributed by atoms with Gasteiger partial charge in [0.1, 0.15) is 5.75 Å². The van der Waals surface area contributed by atoms with Gasteiger partial charge in [-0.15, -0.1) is 10.2 Å². The lowest BCUT2D eigenvalue weighted by Crippen LogP contribution is -2.11. The van der Waals surface area contributed by atoms with E-state index in [0.29, 0.717) is 17.5 Å². The summed E-state index contributed by atoms with van der Waals surface area (Å²) in [4.78, 5) is 7.78. The molecule has 0 atom stereocenters. The van der Waals surface area contributed by atoms with Crippen LogP contribution >= 0.6 is 11.8 Å². The lowest BCUT2D eigenvalue weighted by atomic mass is 9.97. The smallest absolute Gasteiger partial charge is 0.226 e. The minimum atomic E-state index is -0.133. The molecular formula is C15H18N4O2S. The summed E-state index contributed by atoms with van der Waals surface area (Å²) in [5.41, 5.74) is 1.72. The third-order valence-electron chi connectivity index (χ3n) is 3.11. The Morgan fingerprint density at radius 2 is 2.09 bits per heavy atom. The summed E-state index contributed by atoms with van der Waals surface area (Å²) in [6.45, 7) is 6.14. The number of hydrogen-bond acceptors (Lipinski definition) is 6. The predicted molar refractivity (Wildman–Crippen MR) is 85.2 cm³/mol. The maximum atomic E-state index is 5.68. The Labute approximate surface area is 132 Å². The van der Waals surface area contributed by atoms with E-state index < -0.39 is 0 Å². The number of methoxy groups -OCH3 is 1. The molecule has 1 N–H and O–H groups in total. The fourth-order valence-electron chi connectivity index (χ4n) is 1.91. The Morgan fingerprint density at radius 3 is 2.77 bits per heavy atom. The summed E-state index contributed by atoms with van der Waals surface area (Å²) in [7, 11) is 1.65. The van der Waals surface area contributed by atoms with Gasteiger partial charge in [0.2, 0.25) is 11.8 Å². The second kappa shape index (κ2) is 5.64. The first kappa shape index (κ1) is 14.9. The Balaban J connectivity index is 1.72. The zero-order valence-electron chi connectivity index (χ0n) is 13.0. The molecule has 0 fully saturated rings. The summed E-state index contributed by atoms with van der Waals surface area (Å²) in [5.74, 6) is 2.64. The molecule has 6 nitrogen and oxygen atoms in total. The number of rotatable bonds is 4. The van der Waals surface area contributed by atoms with Gasteiger partial charge in [-0.1, -0.05) is 32.5 Å². The molecule has 0 spiro atoms. The Kier molecular flexibility index (Phi) is 3.82. The highest BCUT2D eigenvalue weighted by molar-refractivity contribution is 7.98. The molecule has 3 rings (SSSR count). The number of benzene rings is 1. The highest BCUT2D eigenvalue weighted by atomic mass is 32.2. The van der Waals surface area contributed by atoms with E-state index in [1.807, 2.05) is 39.0 Å². The summed E-state index contributed by atoms with van der Waals surface area (Å²) < 4.78 is 10.9. The van der Waals surface area contributed by atoms with Crippen molar-refractivity contribution in [1.29, 1.82) is 0 Å². The highest BCUT2D eigenvalue weighted by Gasteiger charge is 2.21. The van der Waals surface area contributed by atoms with Crippen molar-refractivity contribution in [3.05, 3.63) is 30.0 Å². The lowest BCUT2D eigenvalue weighted by molar-refractivity contribution is 0.378. The van der Waals surface area contributed by atoms with Crippen molar-refractivity contribution in [3.8, 4) is 5.75 Å². The van der Waals surface area contributed by atoms with Crippen LogP contribution in [0.5, 0.6) is 5.75 Å². The number of hydrogen-bond donors (Lipinski definition) is 1. The van der Waals surface area contributed by atoms with Gasteiger partial charge in [0.25, 0.3) is 0 Å². The number of aromatic amines is 1. The van der Waals surface area contributed by atoms with Gasteiger partial charge in [-0.3, -0.25) is 0 Å². The van der Waals surface area contributed by atoms with Gasteiger partial charge in [-0.25, -0.2) is 4.98 Å². The maximum absolute atomic E-state index is 5.68. The van der Waals surface area contributed by atoms with Crippen LogP contribution in [0.25, 0.3) is 11.0 Å². The van der Waals surface area contributed by atoms with Crippen molar-refractivity contribution in [1.82, 2.24) is 20.2 Å². The van der Waals surface area contributed by atoms with Gasteiger partial charge in [0.15, 0.2) is 5.16 Å². The second-order valence-corrected chi connectivity index (χ2v) is 6.93. The first-order valence-corrected chi connectivity index (χ1v) is 7.94. The van der Waals surface area contributed by atoms with Crippen LogP contribution in [0.2, 0.25) is 0 Å². The minimum Gasteiger partial charge on any atom is -0.497 e. The van der Waals surface area contributed by atoms with Crippen LogP contribution in [0, 0.1) is 0 Å². The van der Waals surface area contributed by atoms with E-state index in [1.165, 1.54) is 11.8 Å². The number of H-pyrrole nitrogens is 1. The van der Waals surface area contributed by atoms with Crippen LogP contribution in [-0.4, -0.2) is 27.3 Å². The molecule has 2 heterocycles. The first-order valence-electron chi connectivity index (χ1n) is 6.95. The topological polar surface area (TPSA) is 76.8 Å². The van der Waals surface area contributed by atoms with Crippen LogP contribution in [-0.2, 0) is 11.2 Å². The summed E-state index contributed by atoms with van der Waals surface area (Å²) in [6, 6.07) is 5.75. The molecule has 0 aliphatic rings. The summed E-state index contributed by atoms with van der Waals surface area (Å²) in [5, 5.41) is 8.99. The van der Waals surface area contributed by atoms with Crippen molar-refractivity contribution in [2.45, 2.75) is 37.1 Å². The molecule has 0 aliphatic heterocycles. The van der Waals surface area contributed by atoms with E-state index in [4.69, 9.17) is 9.15 Å². The minimum absolute atomic E-state index is 0.133. The van der Waals surface area contributed by atoms with Crippen molar-refractivity contribution >= 4 is 22.8 Å². The van der Waals surface area contributed by atoms with Crippen molar-refractivity contribution in [2.75, 3.05) is 7.11 Å². The highest BCUT2D eigenvalue weighted by Crippen LogP contribution is 2.26. The Hall–Kier alpha value is -2.02. The van der Waals surface area contributed by atoms with E-state index >= 15 is 0 Å². The number of thioether (sulfide) groups is 1. The number of nitrogens with one attached hydrogen (secondary N) is 1. The number of imidazole rings is 1. The second-order valence-electron chi connectivity index (χ2n) is 5.96. The van der Waals surface area contributed by atoms with Crippen LogP contribution < -0.4 is 4.74 Å². The van der Waals surface area contributed by atoms with Gasteiger partial charge in [0.05, 0.1) is 23.9 Å². The van der Waals surface area contributed by atoms with Crippen LogP contribution in [0.15, 0.2) is 27.8 Å². The molecule has 0 saturated heterocycles. The van der Waals surface area contributed by atoms with Crippen molar-refractivity contribution in [2.24, 2.45) is 0 Å². The normalized spacial score (nSPS) is 12.0. The molecular weight excluding hydrogens is 300 g/mol. The van der Waals surface area contributed by atoms with Gasteiger partial charge < -0.3 is 14.1 Å². The molecule has 7 heteroatoms. The quantitative estimate of drug-likeness (QED) is 0.741. The molecule has 0 aliphatic carbocycles. The molecule has 1 aromatic carbocycles. The zero-order chi connectivity index (χ0) is 15.7. The Morgan fingerprint density at radius 1 is 1.27 bits per heavy atom. The Bertz CT molecular complexity index is 788. The lowest BCUT2D eigenvalue weighted by Gasteiger charge is -2.10. The average molecular weight is 318 g/mol. The van der Waals surface area contributed by atoms with E-state index in [-0.39, 0.29) is 5.41 Å². The molecule has 0 unspecified atom stereocenters. The molecule has 0 radical (unpaired) electrons. The average Bonchev–Trinajstić information content (AvgIpc) is 3.10. The molecule has 2 aromatic heterocycles. The van der Waals surface area contributed by atoms with Crippen molar-refractivity contribution in [3.63, 3.8) is 0 Å². The van der Waals surface area contributed by atoms with Gasteiger partial charge in [-0.05, 0) is 12.1 Å². The fourth-order valence-corrected chi connectivity index (χ4v) is 2.63. The van der Waals surface area contributed by atoms with Crippen LogP contribution in [0.4, 0.5) is 0 Å². The summed E-state index contributed by atoms with van der Waals surface area (Å²) in [6.07, 6.45) is 0. The molecule has 3 aromatic rings. The fraction of sp³-hybridized carbons (Fsp3) is 0.400. The largest absolute Gasteiger partial charge is 0.497 e. The number of aromatic nitrogens is 4. The molecule has 0 saturated carbocycles. The van der Waals surface area contributed by atoms with Gasteiger partial charge >= 0.3 is 0 Å². The number of nitrogens with zero attached hydrogens (tertiary/aromatic N) is 3. The van der Waals surface area contributed by atoms with Crippen LogP contribution in [0.3, 0.4) is 0 Å². The molecule has 22 heavy (non-hydrogen) atoms. The van der Waals surface area contributed by atoms with E-state index in [1.54, 1.807) is 7.11 Å². The zero-order valence-corrected chi connectivity index (χ0v) is 13.8. The van der Waals surface area contributed by atoms with Crippen molar-refractivity contribution < 1.29 is 9.15 Å². The van der Waals surface area contributed by atoms with E-state index in [2.05, 4.69) is 20.2 Å². The van der Waals surface area contributed by atoms with Crippen LogP contribution in [0.1, 0.15) is 32.6 Å². The molecule has 116 valence electrons. The molecule has 0 bridgehead atoms. The first-order chi connectivity index (χ1) is 10.5. The van der Waals surface area contributed by atoms with E-state index in [0.717, 1.165) is 21.9 Å². The standard InChI is InChI=1S/C15H18N4O2S/c1-15(2,3)13-19-18-12(21-13)8-22-14-16-10-6-5-9(20-4)7-11(10)17-14/h5-7H,8H2,1-4H3,(H,16,17). The molecule has 0 amide bonds. The SMILES string of the molecule is COc1ccc2nc(SCc3nnc(C(C)(C)C)o3)[nH]c2c1. The maximum Gasteiger partial charge on any atom is 0.226 e.